The van der Waals surface area contributed by atoms with Gasteiger partial charge in [0.05, 0.1) is 40.8 Å². The van der Waals surface area contributed by atoms with Gasteiger partial charge in [-0.2, -0.15) is 13.2 Å². The normalized spacial score (nSPS) is 18.3. The number of likely N-dealkylation sites (tertiary alicyclic amines) is 1. The summed E-state index contributed by atoms with van der Waals surface area (Å²) in [5.41, 5.74) is 3.00. The largest absolute Gasteiger partial charge is 0.416 e. The monoisotopic (exact) mass is 576 g/mol. The lowest BCUT2D eigenvalue weighted by Gasteiger charge is -2.35. The Kier molecular flexibility index (Phi) is 6.29. The van der Waals surface area contributed by atoms with Crippen molar-refractivity contribution in [3.63, 3.8) is 0 Å². The summed E-state index contributed by atoms with van der Waals surface area (Å²) in [6.07, 6.45) is 3.65. The Bertz CT molecular complexity index is 1760. The molecule has 1 fully saturated rings. The number of nitrogens with one attached hydrogen (secondary N) is 1. The Morgan fingerprint density at radius 2 is 1.90 bits per heavy atom. The number of imidazole rings is 1. The van der Waals surface area contributed by atoms with E-state index in [-0.39, 0.29) is 24.9 Å². The lowest BCUT2D eigenvalue weighted by atomic mass is 9.95. The average molecular weight is 577 g/mol. The first-order valence-corrected chi connectivity index (χ1v) is 14.4. The van der Waals surface area contributed by atoms with E-state index in [9.17, 15) is 22.8 Å². The number of ketones is 1. The molecule has 1 N–H and O–H groups in total. The number of amides is 2. The number of alkyl halides is 3. The lowest BCUT2D eigenvalue weighted by Crippen LogP contribution is -2.46. The number of aromatic nitrogens is 3. The molecule has 218 valence electrons. The van der Waals surface area contributed by atoms with Gasteiger partial charge in [-0.25, -0.2) is 9.78 Å². The molecule has 42 heavy (non-hydrogen) atoms. The number of nitrogens with zero attached hydrogens (tertiary/aromatic N) is 5. The molecule has 3 aliphatic rings. The molecule has 2 amide bonds. The highest BCUT2D eigenvalue weighted by atomic mass is 19.4. The van der Waals surface area contributed by atoms with E-state index in [0.717, 1.165) is 19.3 Å². The van der Waals surface area contributed by atoms with Gasteiger partial charge in [0, 0.05) is 56.1 Å². The summed E-state index contributed by atoms with van der Waals surface area (Å²) in [5.74, 6) is 0.454. The van der Waals surface area contributed by atoms with Crippen LogP contribution in [0.1, 0.15) is 48.6 Å². The van der Waals surface area contributed by atoms with E-state index >= 15 is 0 Å². The molecule has 0 radical (unpaired) electrons. The van der Waals surface area contributed by atoms with Crippen LogP contribution >= 0.6 is 0 Å². The molecule has 0 saturated carbocycles. The van der Waals surface area contributed by atoms with Crippen molar-refractivity contribution in [3.8, 4) is 0 Å². The zero-order chi connectivity index (χ0) is 29.2. The van der Waals surface area contributed by atoms with Crippen LogP contribution < -0.4 is 5.32 Å². The number of hydrogen-bond donors (Lipinski definition) is 1. The van der Waals surface area contributed by atoms with Gasteiger partial charge < -0.3 is 19.7 Å². The SMILES string of the molecule is CCC1CCN(C(=O)N2CCn3cc(C4=C(c5cnc6ccccn56)C(=O)CN4)c4cc(C(F)(F)F)cc(c43)C2)CC1. The number of halogens is 3. The molecule has 3 aliphatic heterocycles. The number of benzene rings is 1. The van der Waals surface area contributed by atoms with Crippen LogP contribution in [0.15, 0.2) is 48.9 Å². The van der Waals surface area contributed by atoms with Gasteiger partial charge >= 0.3 is 12.2 Å². The summed E-state index contributed by atoms with van der Waals surface area (Å²) in [5, 5.41) is 3.57. The van der Waals surface area contributed by atoms with E-state index in [0.29, 0.717) is 76.7 Å². The van der Waals surface area contributed by atoms with Gasteiger partial charge in [-0.3, -0.25) is 9.20 Å². The van der Waals surface area contributed by atoms with E-state index in [1.54, 1.807) is 11.1 Å². The second kappa shape index (κ2) is 9.92. The van der Waals surface area contributed by atoms with Crippen molar-refractivity contribution in [1.82, 2.24) is 29.1 Å². The number of rotatable bonds is 3. The zero-order valence-electron chi connectivity index (χ0n) is 23.2. The maximum Gasteiger partial charge on any atom is 0.416 e. The van der Waals surface area contributed by atoms with Crippen LogP contribution in [-0.4, -0.2) is 61.7 Å². The van der Waals surface area contributed by atoms with Crippen molar-refractivity contribution >= 4 is 39.6 Å². The Morgan fingerprint density at radius 1 is 1.10 bits per heavy atom. The van der Waals surface area contributed by atoms with Gasteiger partial charge in [-0.05, 0) is 48.6 Å². The minimum Gasteiger partial charge on any atom is -0.376 e. The van der Waals surface area contributed by atoms with E-state index in [1.165, 1.54) is 12.1 Å². The Hall–Kier alpha value is -4.28. The molecule has 0 aliphatic carbocycles. The maximum absolute atomic E-state index is 14.2. The summed E-state index contributed by atoms with van der Waals surface area (Å²) in [4.78, 5) is 34.6. The Morgan fingerprint density at radius 3 is 2.67 bits per heavy atom. The predicted octanol–water partition coefficient (Wildman–Crippen LogP) is 5.41. The second-order valence-electron chi connectivity index (χ2n) is 11.4. The molecule has 0 bridgehead atoms. The van der Waals surface area contributed by atoms with Crippen molar-refractivity contribution in [2.45, 2.75) is 45.5 Å². The molecule has 1 saturated heterocycles. The van der Waals surface area contributed by atoms with Gasteiger partial charge in [0.1, 0.15) is 5.65 Å². The highest BCUT2D eigenvalue weighted by molar-refractivity contribution is 6.32. The minimum atomic E-state index is -4.58. The topological polar surface area (TPSA) is 74.9 Å². The number of carbonyl (C=O) groups is 2. The summed E-state index contributed by atoms with van der Waals surface area (Å²) in [7, 11) is 0. The lowest BCUT2D eigenvalue weighted by molar-refractivity contribution is -0.137. The highest BCUT2D eigenvalue weighted by Gasteiger charge is 2.36. The van der Waals surface area contributed by atoms with Crippen LogP contribution in [0.4, 0.5) is 18.0 Å². The van der Waals surface area contributed by atoms with Crippen molar-refractivity contribution < 1.29 is 22.8 Å². The number of pyridine rings is 1. The summed E-state index contributed by atoms with van der Waals surface area (Å²) < 4.78 is 46.4. The van der Waals surface area contributed by atoms with Gasteiger partial charge in [0.2, 0.25) is 0 Å². The third kappa shape index (κ3) is 4.33. The Labute approximate surface area is 240 Å². The fourth-order valence-electron chi connectivity index (χ4n) is 6.70. The smallest absolute Gasteiger partial charge is 0.376 e. The molecule has 7 rings (SSSR count). The number of fused-ring (bicyclic) bond motifs is 1. The van der Waals surface area contributed by atoms with Crippen LogP contribution in [0.2, 0.25) is 0 Å². The quantitative estimate of drug-likeness (QED) is 0.354. The molecular formula is C31H31F3N6O2. The standard InChI is InChI=1S/C31H31F3N6O2/c1-2-19-6-9-37(10-7-19)30(42)39-12-11-38-18-23(22-14-21(31(32,33)34)13-20(17-39)29(22)38)28-27(25(41)16-36-28)24-15-35-26-5-3-4-8-40(24)26/h3-5,8,13-15,18-19,36H,2,6-7,9-12,16-17H2,1H3. The first-order valence-electron chi connectivity index (χ1n) is 14.4. The number of carbonyl (C=O) groups excluding carboxylic acids is 2. The summed E-state index contributed by atoms with van der Waals surface area (Å²) in [6.45, 7) is 4.43. The van der Waals surface area contributed by atoms with Crippen LogP contribution in [0.3, 0.4) is 0 Å². The number of urea groups is 1. The zero-order valence-corrected chi connectivity index (χ0v) is 23.2. The van der Waals surface area contributed by atoms with Crippen molar-refractivity contribution in [1.29, 1.82) is 0 Å². The van der Waals surface area contributed by atoms with E-state index < -0.39 is 11.7 Å². The van der Waals surface area contributed by atoms with Crippen molar-refractivity contribution in [2.75, 3.05) is 26.2 Å². The number of Topliss-reactive ketones (excluding diaryl/α,β-unsaturated/α-hetero) is 1. The average Bonchev–Trinajstić information content (AvgIpc) is 3.65. The molecule has 11 heteroatoms. The Balaban J connectivity index is 1.34. The summed E-state index contributed by atoms with van der Waals surface area (Å²) >= 11 is 0. The van der Waals surface area contributed by atoms with Gasteiger partial charge in [0.25, 0.3) is 0 Å². The molecule has 0 spiro atoms. The van der Waals surface area contributed by atoms with Crippen molar-refractivity contribution in [3.05, 3.63) is 71.3 Å². The third-order valence-electron chi connectivity index (χ3n) is 8.98. The van der Waals surface area contributed by atoms with Crippen LogP contribution in [-0.2, 0) is 24.1 Å². The fraction of sp³-hybridized carbons (Fsp3) is 0.387. The molecule has 4 aromatic rings. The van der Waals surface area contributed by atoms with Crippen LogP contribution in [0.5, 0.6) is 0 Å². The molecule has 0 atom stereocenters. The predicted molar refractivity (Wildman–Crippen MR) is 152 cm³/mol. The van der Waals surface area contributed by atoms with Crippen LogP contribution in [0.25, 0.3) is 27.8 Å². The first-order chi connectivity index (χ1) is 20.2. The second-order valence-corrected chi connectivity index (χ2v) is 11.4. The van der Waals surface area contributed by atoms with Crippen LogP contribution in [0, 0.1) is 5.92 Å². The number of hydrogen-bond acceptors (Lipinski definition) is 4. The fourth-order valence-corrected chi connectivity index (χ4v) is 6.70. The highest BCUT2D eigenvalue weighted by Crippen LogP contribution is 2.40. The molecular weight excluding hydrogens is 545 g/mol. The van der Waals surface area contributed by atoms with E-state index in [1.807, 2.05) is 44.5 Å². The maximum atomic E-state index is 14.2. The van der Waals surface area contributed by atoms with E-state index in [4.69, 9.17) is 0 Å². The summed E-state index contributed by atoms with van der Waals surface area (Å²) in [6, 6.07) is 7.73. The van der Waals surface area contributed by atoms with E-state index in [2.05, 4.69) is 17.2 Å². The third-order valence-corrected chi connectivity index (χ3v) is 8.98. The van der Waals surface area contributed by atoms with Crippen molar-refractivity contribution in [2.24, 2.45) is 5.92 Å². The first kappa shape index (κ1) is 26.6. The molecule has 1 aromatic carbocycles. The molecule has 8 nitrogen and oxygen atoms in total. The minimum absolute atomic E-state index is 0.0419. The molecule has 0 unspecified atom stereocenters. The van der Waals surface area contributed by atoms with Gasteiger partial charge in [-0.15, -0.1) is 0 Å². The molecule has 3 aromatic heterocycles. The number of piperidine rings is 1. The molecule has 6 heterocycles. The van der Waals surface area contributed by atoms with Gasteiger partial charge in [0.15, 0.2) is 5.78 Å². The van der Waals surface area contributed by atoms with Gasteiger partial charge in [-0.1, -0.05) is 19.4 Å².